The molecule has 0 unspecified atom stereocenters. The second kappa shape index (κ2) is 6.12. The summed E-state index contributed by atoms with van der Waals surface area (Å²) < 4.78 is 37.4. The highest BCUT2D eigenvalue weighted by atomic mass is 32.1. The summed E-state index contributed by atoms with van der Waals surface area (Å²) in [5.74, 6) is 0. The normalized spacial score (nSPS) is 14.8. The van der Waals surface area contributed by atoms with Gasteiger partial charge < -0.3 is 10.2 Å². The second-order valence-electron chi connectivity index (χ2n) is 5.06. The Morgan fingerprint density at radius 3 is 2.82 bits per heavy atom. The largest absolute Gasteiger partial charge is 0.445 e. The van der Waals surface area contributed by atoms with Crippen LogP contribution in [-0.4, -0.2) is 29.8 Å². The average Bonchev–Trinajstić information content (AvgIpc) is 2.97. The van der Waals surface area contributed by atoms with Crippen LogP contribution < -0.4 is 10.2 Å². The van der Waals surface area contributed by atoms with Gasteiger partial charge in [0.05, 0.1) is 0 Å². The lowest BCUT2D eigenvalue weighted by molar-refractivity contribution is -0.138. The summed E-state index contributed by atoms with van der Waals surface area (Å²) in [5.41, 5.74) is 2.54. The Morgan fingerprint density at radius 2 is 2.05 bits per heavy atom. The number of nitrogens with one attached hydrogen (secondary N) is 1. The third-order valence-electron chi connectivity index (χ3n) is 3.53. The first-order chi connectivity index (χ1) is 10.5. The highest BCUT2D eigenvalue weighted by Gasteiger charge is 2.35. The smallest absolute Gasteiger partial charge is 0.370 e. The summed E-state index contributed by atoms with van der Waals surface area (Å²) in [5, 5.41) is 8.89. The van der Waals surface area contributed by atoms with Crippen LogP contribution in [-0.2, 0) is 12.6 Å². The standard InChI is InChI=1S/C14H15F3N4S/c15-14(16,17)12-19-20-13(22-12)18-7-9-21-8-3-5-10-4-1-2-6-11(10)21/h1-2,4,6H,3,5,7-9H2,(H,18,20). The van der Waals surface area contributed by atoms with Gasteiger partial charge in [-0.1, -0.05) is 29.5 Å². The zero-order valence-corrected chi connectivity index (χ0v) is 12.5. The minimum Gasteiger partial charge on any atom is -0.370 e. The van der Waals surface area contributed by atoms with Crippen molar-refractivity contribution in [3.8, 4) is 0 Å². The maximum absolute atomic E-state index is 12.5. The summed E-state index contributed by atoms with van der Waals surface area (Å²) in [6.07, 6.45) is -2.26. The third-order valence-corrected chi connectivity index (χ3v) is 4.46. The quantitative estimate of drug-likeness (QED) is 0.934. The number of fused-ring (bicyclic) bond motifs is 1. The Bertz CT molecular complexity index is 641. The fourth-order valence-electron chi connectivity index (χ4n) is 2.55. The molecule has 1 aromatic carbocycles. The SMILES string of the molecule is FC(F)(F)c1nnc(NCCN2CCCc3ccccc32)s1. The van der Waals surface area contributed by atoms with E-state index in [0.29, 0.717) is 17.9 Å². The first-order valence-electron chi connectivity index (χ1n) is 7.01. The van der Waals surface area contributed by atoms with Crippen molar-refractivity contribution in [2.45, 2.75) is 19.0 Å². The third kappa shape index (κ3) is 3.32. The van der Waals surface area contributed by atoms with Crippen LogP contribution in [0.3, 0.4) is 0 Å². The highest BCUT2D eigenvalue weighted by molar-refractivity contribution is 7.15. The van der Waals surface area contributed by atoms with E-state index in [1.54, 1.807) is 0 Å². The molecule has 4 nitrogen and oxygen atoms in total. The number of hydrogen-bond acceptors (Lipinski definition) is 5. The molecule has 22 heavy (non-hydrogen) atoms. The van der Waals surface area contributed by atoms with Gasteiger partial charge in [0.15, 0.2) is 0 Å². The van der Waals surface area contributed by atoms with Crippen molar-refractivity contribution in [3.63, 3.8) is 0 Å². The molecule has 2 heterocycles. The van der Waals surface area contributed by atoms with Gasteiger partial charge in [0.25, 0.3) is 0 Å². The van der Waals surface area contributed by atoms with E-state index in [4.69, 9.17) is 0 Å². The number of rotatable bonds is 4. The number of nitrogens with zero attached hydrogens (tertiary/aromatic N) is 3. The van der Waals surface area contributed by atoms with Crippen molar-refractivity contribution in [2.75, 3.05) is 29.9 Å². The number of benzene rings is 1. The zero-order valence-electron chi connectivity index (χ0n) is 11.7. The fourth-order valence-corrected chi connectivity index (χ4v) is 3.19. The van der Waals surface area contributed by atoms with E-state index < -0.39 is 11.2 Å². The van der Waals surface area contributed by atoms with Gasteiger partial charge in [0.2, 0.25) is 10.1 Å². The van der Waals surface area contributed by atoms with Crippen molar-refractivity contribution in [2.24, 2.45) is 0 Å². The van der Waals surface area contributed by atoms with Crippen molar-refractivity contribution < 1.29 is 13.2 Å². The fraction of sp³-hybridized carbons (Fsp3) is 0.429. The Balaban J connectivity index is 1.57. The number of halogens is 3. The molecule has 0 bridgehead atoms. The number of aromatic nitrogens is 2. The molecule has 1 aliphatic heterocycles. The van der Waals surface area contributed by atoms with Gasteiger partial charge in [-0.2, -0.15) is 13.2 Å². The molecule has 0 amide bonds. The van der Waals surface area contributed by atoms with E-state index in [0.717, 1.165) is 25.9 Å². The van der Waals surface area contributed by atoms with E-state index in [9.17, 15) is 13.2 Å². The topological polar surface area (TPSA) is 41.1 Å². The van der Waals surface area contributed by atoms with Crippen LogP contribution in [0.4, 0.5) is 24.0 Å². The molecule has 1 aliphatic rings. The minimum atomic E-state index is -4.43. The van der Waals surface area contributed by atoms with Crippen molar-refractivity contribution in [1.29, 1.82) is 0 Å². The lowest BCUT2D eigenvalue weighted by atomic mass is 10.0. The van der Waals surface area contributed by atoms with E-state index in [1.807, 2.05) is 12.1 Å². The summed E-state index contributed by atoms with van der Waals surface area (Å²) in [4.78, 5) is 2.25. The Morgan fingerprint density at radius 1 is 1.23 bits per heavy atom. The molecule has 0 fully saturated rings. The van der Waals surface area contributed by atoms with Crippen LogP contribution >= 0.6 is 11.3 Å². The van der Waals surface area contributed by atoms with Crippen LogP contribution in [0.5, 0.6) is 0 Å². The molecule has 1 N–H and O–H groups in total. The van der Waals surface area contributed by atoms with Gasteiger partial charge in [0.1, 0.15) is 0 Å². The molecule has 0 aliphatic carbocycles. The summed E-state index contributed by atoms with van der Waals surface area (Å²) >= 11 is 0.535. The van der Waals surface area contributed by atoms with Crippen LogP contribution in [0.15, 0.2) is 24.3 Å². The van der Waals surface area contributed by atoms with Gasteiger partial charge >= 0.3 is 6.18 Å². The molecule has 0 saturated heterocycles. The monoisotopic (exact) mass is 328 g/mol. The van der Waals surface area contributed by atoms with Crippen molar-refractivity contribution in [1.82, 2.24) is 10.2 Å². The first-order valence-corrected chi connectivity index (χ1v) is 7.83. The molecular weight excluding hydrogens is 313 g/mol. The maximum Gasteiger partial charge on any atom is 0.445 e. The van der Waals surface area contributed by atoms with E-state index in [1.165, 1.54) is 11.3 Å². The number of hydrogen-bond donors (Lipinski definition) is 1. The Kier molecular flexibility index (Phi) is 4.19. The van der Waals surface area contributed by atoms with Crippen LogP contribution in [0, 0.1) is 0 Å². The molecule has 8 heteroatoms. The van der Waals surface area contributed by atoms with Crippen molar-refractivity contribution >= 4 is 22.2 Å². The lowest BCUT2D eigenvalue weighted by Gasteiger charge is -2.31. The van der Waals surface area contributed by atoms with Gasteiger partial charge in [-0.15, -0.1) is 10.2 Å². The average molecular weight is 328 g/mol. The summed E-state index contributed by atoms with van der Waals surface area (Å²) in [7, 11) is 0. The van der Waals surface area contributed by atoms with Gasteiger partial charge in [0, 0.05) is 25.3 Å². The van der Waals surface area contributed by atoms with Gasteiger partial charge in [-0.25, -0.2) is 0 Å². The molecule has 0 radical (unpaired) electrons. The molecule has 2 aromatic rings. The van der Waals surface area contributed by atoms with E-state index in [-0.39, 0.29) is 5.13 Å². The molecule has 1 aromatic heterocycles. The molecule has 3 rings (SSSR count). The molecule has 0 atom stereocenters. The van der Waals surface area contributed by atoms with Gasteiger partial charge in [-0.05, 0) is 24.5 Å². The molecule has 0 saturated carbocycles. The number of para-hydroxylation sites is 1. The summed E-state index contributed by atoms with van der Waals surface area (Å²) in [6, 6.07) is 8.24. The van der Waals surface area contributed by atoms with E-state index in [2.05, 4.69) is 32.5 Å². The number of alkyl halides is 3. The molecular formula is C14H15F3N4S. The number of aryl methyl sites for hydroxylation is 1. The van der Waals surface area contributed by atoms with Gasteiger partial charge in [-0.3, -0.25) is 0 Å². The van der Waals surface area contributed by atoms with E-state index >= 15 is 0 Å². The van der Waals surface area contributed by atoms with Crippen LogP contribution in [0.25, 0.3) is 0 Å². The van der Waals surface area contributed by atoms with Crippen LogP contribution in [0.2, 0.25) is 0 Å². The summed E-state index contributed by atoms with van der Waals surface area (Å²) in [6.45, 7) is 2.21. The minimum absolute atomic E-state index is 0.206. The van der Waals surface area contributed by atoms with Crippen molar-refractivity contribution in [3.05, 3.63) is 34.8 Å². The predicted molar refractivity (Wildman–Crippen MR) is 80.4 cm³/mol. The second-order valence-corrected chi connectivity index (χ2v) is 6.03. The first kappa shape index (κ1) is 15.1. The number of anilines is 2. The van der Waals surface area contributed by atoms with Crippen LogP contribution in [0.1, 0.15) is 17.0 Å². The molecule has 118 valence electrons. The Labute approximate surface area is 130 Å². The lowest BCUT2D eigenvalue weighted by Crippen LogP contribution is -2.33. The Hall–Kier alpha value is -1.83. The highest BCUT2D eigenvalue weighted by Crippen LogP contribution is 2.33. The maximum atomic E-state index is 12.5. The predicted octanol–water partition coefficient (Wildman–Crippen LogP) is 3.42. The molecule has 0 spiro atoms. The zero-order chi connectivity index (χ0) is 15.6.